The highest BCUT2D eigenvalue weighted by molar-refractivity contribution is 9.10. The van der Waals surface area contributed by atoms with Crippen LogP contribution in [0.15, 0.2) is 70.1 Å². The van der Waals surface area contributed by atoms with E-state index in [0.29, 0.717) is 30.6 Å². The van der Waals surface area contributed by atoms with Gasteiger partial charge in [-0.25, -0.2) is 14.5 Å². The molecule has 4 aromatic rings. The number of carbonyl (C=O) groups is 1. The number of halogens is 2. The van der Waals surface area contributed by atoms with Crippen molar-refractivity contribution in [1.82, 2.24) is 20.1 Å². The second-order valence-corrected chi connectivity index (χ2v) is 9.19. The summed E-state index contributed by atoms with van der Waals surface area (Å²) < 4.78 is 15.5. The number of hydrogen-bond donors (Lipinski definition) is 2. The Balaban J connectivity index is 1.33. The molecule has 1 fully saturated rings. The normalized spacial score (nSPS) is 15.6. The second-order valence-electron chi connectivity index (χ2n) is 8.28. The summed E-state index contributed by atoms with van der Waals surface area (Å²) in [5.41, 5.74) is 1.17. The van der Waals surface area contributed by atoms with Gasteiger partial charge < -0.3 is 10.2 Å². The molecule has 7 nitrogen and oxygen atoms in total. The van der Waals surface area contributed by atoms with Crippen LogP contribution in [0.3, 0.4) is 0 Å². The van der Waals surface area contributed by atoms with Crippen molar-refractivity contribution in [2.24, 2.45) is 0 Å². The van der Waals surface area contributed by atoms with E-state index in [-0.39, 0.29) is 23.1 Å². The average molecular weight is 522 g/mol. The first-order valence-electron chi connectivity index (χ1n) is 10.9. The fourth-order valence-corrected chi connectivity index (χ4v) is 4.48. The number of benzene rings is 2. The molecule has 172 valence electrons. The maximum absolute atomic E-state index is 14.7. The Morgan fingerprint density at radius 3 is 2.79 bits per heavy atom. The van der Waals surface area contributed by atoms with Gasteiger partial charge in [-0.05, 0) is 58.2 Å². The van der Waals surface area contributed by atoms with E-state index in [9.17, 15) is 14.0 Å². The van der Waals surface area contributed by atoms with E-state index in [1.54, 1.807) is 35.4 Å². The van der Waals surface area contributed by atoms with E-state index < -0.39 is 5.82 Å². The molecule has 5 rings (SSSR count). The molecular formula is C25H21BrFN5O2. The molecule has 2 N–H and O–H groups in total. The minimum absolute atomic E-state index is 0.0358. The van der Waals surface area contributed by atoms with Crippen LogP contribution in [-0.2, 0) is 6.42 Å². The average Bonchev–Trinajstić information content (AvgIpc) is 3.32. The van der Waals surface area contributed by atoms with Crippen LogP contribution in [0.1, 0.15) is 28.0 Å². The summed E-state index contributed by atoms with van der Waals surface area (Å²) >= 11 is 3.36. The highest BCUT2D eigenvalue weighted by atomic mass is 79.9. The Kier molecular flexibility index (Phi) is 6.10. The van der Waals surface area contributed by atoms with E-state index in [2.05, 4.69) is 36.4 Å². The fraction of sp³-hybridized carbons (Fsp3) is 0.200. The highest BCUT2D eigenvalue weighted by Crippen LogP contribution is 2.22. The summed E-state index contributed by atoms with van der Waals surface area (Å²) in [6, 6.07) is 15.5. The van der Waals surface area contributed by atoms with Gasteiger partial charge in [-0.15, -0.1) is 0 Å². The number of pyridine rings is 1. The Morgan fingerprint density at radius 2 is 2.00 bits per heavy atom. The number of carbonyl (C=O) groups excluding carboxylic acids is 1. The van der Waals surface area contributed by atoms with E-state index >= 15 is 0 Å². The number of aromatic amines is 1. The molecule has 1 atom stereocenters. The first-order chi connectivity index (χ1) is 16.5. The van der Waals surface area contributed by atoms with Gasteiger partial charge in [0.1, 0.15) is 11.6 Å². The molecular weight excluding hydrogens is 501 g/mol. The molecule has 34 heavy (non-hydrogen) atoms. The van der Waals surface area contributed by atoms with Crippen LogP contribution in [0.5, 0.6) is 0 Å². The summed E-state index contributed by atoms with van der Waals surface area (Å²) in [5, 5.41) is 11.3. The lowest BCUT2D eigenvalue weighted by molar-refractivity contribution is 0.0787. The molecule has 2 aromatic carbocycles. The van der Waals surface area contributed by atoms with Crippen LogP contribution < -0.4 is 10.9 Å². The number of nitrogens with zero attached hydrogens (tertiary/aromatic N) is 3. The Bertz CT molecular complexity index is 1420. The number of likely N-dealkylation sites (tertiary alicyclic amines) is 1. The molecule has 2 aromatic heterocycles. The molecule has 1 amide bonds. The standard InChI is InChI=1S/C25H21BrFN5O2/c26-16-6-8-23(28-13-16)29-17-9-10-32(14-17)25(34)20-11-15(5-7-21(20)27)12-22-18-3-1-2-4-19(18)24(33)31-30-22/h1-8,11,13,17H,9-10,12,14H2,(H,28,29)(H,31,33). The Labute approximate surface area is 203 Å². The third-order valence-corrected chi connectivity index (χ3v) is 6.43. The second kappa shape index (κ2) is 9.34. The third-order valence-electron chi connectivity index (χ3n) is 5.96. The summed E-state index contributed by atoms with van der Waals surface area (Å²) in [5.74, 6) is -0.165. The molecule has 3 heterocycles. The molecule has 1 aliphatic rings. The zero-order valence-corrected chi connectivity index (χ0v) is 19.7. The van der Waals surface area contributed by atoms with Crippen molar-refractivity contribution in [1.29, 1.82) is 0 Å². The lowest BCUT2D eigenvalue weighted by Crippen LogP contribution is -2.32. The van der Waals surface area contributed by atoms with Gasteiger partial charge in [-0.1, -0.05) is 24.3 Å². The van der Waals surface area contributed by atoms with Crippen molar-refractivity contribution >= 4 is 38.4 Å². The zero-order chi connectivity index (χ0) is 23.7. The molecule has 0 saturated carbocycles. The van der Waals surface area contributed by atoms with Gasteiger partial charge in [0.2, 0.25) is 0 Å². The van der Waals surface area contributed by atoms with Crippen molar-refractivity contribution in [3.8, 4) is 0 Å². The smallest absolute Gasteiger partial charge is 0.272 e. The predicted molar refractivity (Wildman–Crippen MR) is 131 cm³/mol. The van der Waals surface area contributed by atoms with Crippen LogP contribution in [0.2, 0.25) is 0 Å². The van der Waals surface area contributed by atoms with Crippen LogP contribution >= 0.6 is 15.9 Å². The van der Waals surface area contributed by atoms with Crippen LogP contribution in [-0.4, -0.2) is 45.1 Å². The van der Waals surface area contributed by atoms with E-state index in [1.165, 1.54) is 6.07 Å². The molecule has 1 saturated heterocycles. The van der Waals surface area contributed by atoms with Gasteiger partial charge in [-0.2, -0.15) is 5.10 Å². The number of amides is 1. The fourth-order valence-electron chi connectivity index (χ4n) is 4.25. The number of nitrogens with one attached hydrogen (secondary N) is 2. The first-order valence-corrected chi connectivity index (χ1v) is 11.7. The molecule has 0 radical (unpaired) electrons. The number of H-pyrrole nitrogens is 1. The Morgan fingerprint density at radius 1 is 1.18 bits per heavy atom. The van der Waals surface area contributed by atoms with Gasteiger partial charge in [0.05, 0.1) is 16.6 Å². The summed E-state index contributed by atoms with van der Waals surface area (Å²) in [4.78, 5) is 31.2. The van der Waals surface area contributed by atoms with Crippen molar-refractivity contribution in [3.05, 3.63) is 98.3 Å². The van der Waals surface area contributed by atoms with Gasteiger partial charge >= 0.3 is 0 Å². The molecule has 0 spiro atoms. The van der Waals surface area contributed by atoms with Crippen molar-refractivity contribution in [2.45, 2.75) is 18.9 Å². The largest absolute Gasteiger partial charge is 0.365 e. The molecule has 0 bridgehead atoms. The van der Waals surface area contributed by atoms with Gasteiger partial charge in [0.15, 0.2) is 0 Å². The molecule has 1 unspecified atom stereocenters. The Hall–Kier alpha value is -3.59. The third kappa shape index (κ3) is 4.56. The lowest BCUT2D eigenvalue weighted by Gasteiger charge is -2.18. The number of aromatic nitrogens is 3. The van der Waals surface area contributed by atoms with E-state index in [0.717, 1.165) is 27.7 Å². The number of hydrogen-bond acceptors (Lipinski definition) is 5. The van der Waals surface area contributed by atoms with Gasteiger partial charge in [0.25, 0.3) is 11.5 Å². The summed E-state index contributed by atoms with van der Waals surface area (Å²) in [7, 11) is 0. The maximum Gasteiger partial charge on any atom is 0.272 e. The van der Waals surface area contributed by atoms with E-state index in [1.807, 2.05) is 24.3 Å². The summed E-state index contributed by atoms with van der Waals surface area (Å²) in [6.45, 7) is 0.995. The minimum Gasteiger partial charge on any atom is -0.365 e. The SMILES string of the molecule is O=C(c1cc(Cc2n[nH]c(=O)c3ccccc23)ccc1F)N1CCC(Nc2ccc(Br)cn2)C1. The van der Waals surface area contributed by atoms with Crippen LogP contribution in [0.25, 0.3) is 10.8 Å². The molecule has 9 heteroatoms. The summed E-state index contributed by atoms with van der Waals surface area (Å²) in [6.07, 6.45) is 2.82. The maximum atomic E-state index is 14.7. The molecule has 1 aliphatic heterocycles. The monoisotopic (exact) mass is 521 g/mol. The predicted octanol–water partition coefficient (Wildman–Crippen LogP) is 4.14. The highest BCUT2D eigenvalue weighted by Gasteiger charge is 2.28. The van der Waals surface area contributed by atoms with Gasteiger partial charge in [0, 0.05) is 41.6 Å². The topological polar surface area (TPSA) is 91.0 Å². The minimum atomic E-state index is -0.556. The first kappa shape index (κ1) is 22.2. The van der Waals surface area contributed by atoms with Crippen LogP contribution in [0.4, 0.5) is 10.2 Å². The van der Waals surface area contributed by atoms with Crippen molar-refractivity contribution in [2.75, 3.05) is 18.4 Å². The van der Waals surface area contributed by atoms with E-state index in [4.69, 9.17) is 0 Å². The quantitative estimate of drug-likeness (QED) is 0.411. The number of fused-ring (bicyclic) bond motifs is 1. The van der Waals surface area contributed by atoms with Crippen molar-refractivity contribution in [3.63, 3.8) is 0 Å². The lowest BCUT2D eigenvalue weighted by atomic mass is 10.0. The number of anilines is 1. The van der Waals surface area contributed by atoms with Gasteiger partial charge in [-0.3, -0.25) is 9.59 Å². The molecule has 0 aliphatic carbocycles. The zero-order valence-electron chi connectivity index (χ0n) is 18.1. The number of rotatable bonds is 5. The van der Waals surface area contributed by atoms with Crippen molar-refractivity contribution < 1.29 is 9.18 Å². The van der Waals surface area contributed by atoms with Crippen LogP contribution in [0, 0.1) is 5.82 Å².